The van der Waals surface area contributed by atoms with Crippen molar-refractivity contribution in [3.63, 3.8) is 0 Å². The molecule has 0 aliphatic carbocycles. The Balaban J connectivity index is 1.64. The zero-order valence-corrected chi connectivity index (χ0v) is 17.4. The molecule has 0 saturated carbocycles. The number of fused-ring (bicyclic) bond motifs is 1. The summed E-state index contributed by atoms with van der Waals surface area (Å²) in [5.74, 6) is 0.499. The van der Waals surface area contributed by atoms with Crippen molar-refractivity contribution >= 4 is 22.8 Å². The first-order valence-electron chi connectivity index (χ1n) is 9.56. The van der Waals surface area contributed by atoms with Crippen LogP contribution in [-0.2, 0) is 11.3 Å². The van der Waals surface area contributed by atoms with Crippen LogP contribution in [0.3, 0.4) is 0 Å². The van der Waals surface area contributed by atoms with E-state index in [-0.39, 0.29) is 5.91 Å². The van der Waals surface area contributed by atoms with E-state index in [2.05, 4.69) is 30.6 Å². The first-order chi connectivity index (χ1) is 15.1. The number of carbonyl (C=O) groups is 1. The van der Waals surface area contributed by atoms with Gasteiger partial charge in [0.15, 0.2) is 5.82 Å². The zero-order chi connectivity index (χ0) is 21.8. The second-order valence-corrected chi connectivity index (χ2v) is 6.77. The SMILES string of the molecule is COCCn1cc(C(=O)Nc2cnc3c(-c4ccc(C)nn4)ccc(OC)c3n2)cn1. The van der Waals surface area contributed by atoms with Crippen LogP contribution in [0.15, 0.2) is 42.9 Å². The van der Waals surface area contributed by atoms with Gasteiger partial charge in [0.25, 0.3) is 5.91 Å². The Kier molecular flexibility index (Phi) is 5.80. The molecule has 0 bridgehead atoms. The Morgan fingerprint density at radius 3 is 2.71 bits per heavy atom. The number of methoxy groups -OCH3 is 2. The Bertz CT molecular complexity index is 1220. The highest BCUT2D eigenvalue weighted by Crippen LogP contribution is 2.31. The van der Waals surface area contributed by atoms with Crippen LogP contribution < -0.4 is 10.1 Å². The number of aromatic nitrogens is 6. The predicted octanol–water partition coefficient (Wildman–Crippen LogP) is 2.50. The van der Waals surface area contributed by atoms with Crippen LogP contribution >= 0.6 is 0 Å². The number of hydrogen-bond acceptors (Lipinski definition) is 8. The van der Waals surface area contributed by atoms with Crippen LogP contribution in [0.5, 0.6) is 5.75 Å². The highest BCUT2D eigenvalue weighted by Gasteiger charge is 2.15. The average molecular weight is 419 g/mol. The highest BCUT2D eigenvalue weighted by molar-refractivity contribution is 6.04. The van der Waals surface area contributed by atoms with Crippen LogP contribution in [0, 0.1) is 6.92 Å². The Hall–Kier alpha value is -3.92. The van der Waals surface area contributed by atoms with Crippen LogP contribution in [-0.4, -0.2) is 56.7 Å². The Morgan fingerprint density at radius 2 is 1.97 bits per heavy atom. The highest BCUT2D eigenvalue weighted by atomic mass is 16.5. The molecule has 0 aliphatic heterocycles. The molecule has 10 heteroatoms. The number of nitrogens with zero attached hydrogens (tertiary/aromatic N) is 6. The maximum Gasteiger partial charge on any atom is 0.260 e. The van der Waals surface area contributed by atoms with Gasteiger partial charge in [0.2, 0.25) is 0 Å². The second-order valence-electron chi connectivity index (χ2n) is 6.77. The van der Waals surface area contributed by atoms with Gasteiger partial charge in [0.05, 0.1) is 49.6 Å². The van der Waals surface area contributed by atoms with Gasteiger partial charge in [-0.15, -0.1) is 0 Å². The summed E-state index contributed by atoms with van der Waals surface area (Å²) in [6.45, 7) is 2.94. The summed E-state index contributed by atoms with van der Waals surface area (Å²) in [6, 6.07) is 7.41. The van der Waals surface area contributed by atoms with E-state index in [4.69, 9.17) is 9.47 Å². The summed E-state index contributed by atoms with van der Waals surface area (Å²) in [5.41, 5.74) is 3.79. The third-order valence-electron chi connectivity index (χ3n) is 4.62. The average Bonchev–Trinajstić information content (AvgIpc) is 3.27. The maximum atomic E-state index is 12.6. The first-order valence-corrected chi connectivity index (χ1v) is 9.56. The van der Waals surface area contributed by atoms with Crippen molar-refractivity contribution in [1.82, 2.24) is 29.9 Å². The lowest BCUT2D eigenvalue weighted by atomic mass is 10.1. The van der Waals surface area contributed by atoms with E-state index in [1.54, 1.807) is 31.2 Å². The van der Waals surface area contributed by atoms with Gasteiger partial charge in [-0.1, -0.05) is 0 Å². The molecule has 0 spiro atoms. The molecule has 1 amide bonds. The lowest BCUT2D eigenvalue weighted by Crippen LogP contribution is -2.13. The Labute approximate surface area is 178 Å². The van der Waals surface area contributed by atoms with Crippen molar-refractivity contribution in [2.24, 2.45) is 0 Å². The van der Waals surface area contributed by atoms with Crippen molar-refractivity contribution < 1.29 is 14.3 Å². The smallest absolute Gasteiger partial charge is 0.260 e. The molecule has 0 radical (unpaired) electrons. The molecule has 31 heavy (non-hydrogen) atoms. The molecule has 1 N–H and O–H groups in total. The molecule has 4 rings (SSSR count). The van der Waals surface area contributed by atoms with E-state index >= 15 is 0 Å². The molecule has 3 heterocycles. The van der Waals surface area contributed by atoms with Crippen LogP contribution in [0.25, 0.3) is 22.3 Å². The fourth-order valence-electron chi connectivity index (χ4n) is 3.03. The van der Waals surface area contributed by atoms with Gasteiger partial charge in [-0.25, -0.2) is 9.97 Å². The van der Waals surface area contributed by atoms with Gasteiger partial charge in [0.1, 0.15) is 16.8 Å². The van der Waals surface area contributed by atoms with E-state index in [1.807, 2.05) is 25.1 Å². The van der Waals surface area contributed by atoms with Gasteiger partial charge < -0.3 is 14.8 Å². The zero-order valence-electron chi connectivity index (χ0n) is 17.4. The monoisotopic (exact) mass is 419 g/mol. The van der Waals surface area contributed by atoms with E-state index in [9.17, 15) is 4.79 Å². The molecular formula is C21H21N7O3. The molecule has 0 aliphatic rings. The molecule has 1 aromatic carbocycles. The van der Waals surface area contributed by atoms with Crippen LogP contribution in [0.2, 0.25) is 0 Å². The summed E-state index contributed by atoms with van der Waals surface area (Å²) in [5, 5.41) is 15.3. The minimum atomic E-state index is -0.336. The van der Waals surface area contributed by atoms with Gasteiger partial charge in [-0.3, -0.25) is 9.48 Å². The fraction of sp³-hybridized carbons (Fsp3) is 0.238. The summed E-state index contributed by atoms with van der Waals surface area (Å²) in [6.07, 6.45) is 4.64. The molecule has 0 unspecified atom stereocenters. The topological polar surface area (TPSA) is 117 Å². The molecular weight excluding hydrogens is 398 g/mol. The van der Waals surface area contributed by atoms with Gasteiger partial charge in [0, 0.05) is 18.9 Å². The van der Waals surface area contributed by atoms with Gasteiger partial charge in [-0.05, 0) is 31.2 Å². The fourth-order valence-corrected chi connectivity index (χ4v) is 3.03. The van der Waals surface area contributed by atoms with E-state index in [1.165, 1.54) is 12.4 Å². The van der Waals surface area contributed by atoms with Gasteiger partial charge in [-0.2, -0.15) is 15.3 Å². The summed E-state index contributed by atoms with van der Waals surface area (Å²) >= 11 is 0. The molecule has 4 aromatic rings. The number of nitrogens with one attached hydrogen (secondary N) is 1. The van der Waals surface area contributed by atoms with Gasteiger partial charge >= 0.3 is 0 Å². The molecule has 3 aromatic heterocycles. The lowest BCUT2D eigenvalue weighted by Gasteiger charge is -2.10. The number of anilines is 1. The second kappa shape index (κ2) is 8.84. The lowest BCUT2D eigenvalue weighted by molar-refractivity contribution is 0.102. The Morgan fingerprint density at radius 1 is 1.10 bits per heavy atom. The van der Waals surface area contributed by atoms with Crippen molar-refractivity contribution in [1.29, 1.82) is 0 Å². The van der Waals surface area contributed by atoms with E-state index < -0.39 is 0 Å². The molecule has 158 valence electrons. The number of amides is 1. The van der Waals surface area contributed by atoms with E-state index in [0.29, 0.717) is 47.0 Å². The van der Waals surface area contributed by atoms with Crippen LogP contribution in [0.1, 0.15) is 16.1 Å². The molecule has 0 saturated heterocycles. The quantitative estimate of drug-likeness (QED) is 0.486. The maximum absolute atomic E-state index is 12.6. The van der Waals surface area contributed by atoms with Crippen molar-refractivity contribution in [2.75, 3.05) is 26.1 Å². The number of benzene rings is 1. The summed E-state index contributed by atoms with van der Waals surface area (Å²) in [4.78, 5) is 21.7. The molecule has 0 atom stereocenters. The number of carbonyl (C=O) groups excluding carboxylic acids is 1. The third-order valence-corrected chi connectivity index (χ3v) is 4.62. The van der Waals surface area contributed by atoms with Crippen molar-refractivity contribution in [2.45, 2.75) is 13.5 Å². The largest absolute Gasteiger partial charge is 0.494 e. The normalized spacial score (nSPS) is 10.9. The minimum absolute atomic E-state index is 0.299. The van der Waals surface area contributed by atoms with Crippen LogP contribution in [0.4, 0.5) is 5.82 Å². The predicted molar refractivity (Wildman–Crippen MR) is 114 cm³/mol. The van der Waals surface area contributed by atoms with Crippen molar-refractivity contribution in [3.05, 3.63) is 54.1 Å². The standard InChI is InChI=1S/C21H21N7O3/c1-13-4-6-16(27-26-13)15-5-7-17(31-3)20-19(15)22-11-18(24-20)25-21(29)14-10-23-28(12-14)8-9-30-2/h4-7,10-12H,8-9H2,1-3H3,(H,24,25,29). The number of ether oxygens (including phenoxy) is 2. The summed E-state index contributed by atoms with van der Waals surface area (Å²) < 4.78 is 12.1. The molecule has 0 fully saturated rings. The van der Waals surface area contributed by atoms with Crippen molar-refractivity contribution in [3.8, 4) is 17.0 Å². The number of hydrogen-bond donors (Lipinski definition) is 1. The molecule has 10 nitrogen and oxygen atoms in total. The summed E-state index contributed by atoms with van der Waals surface area (Å²) in [7, 11) is 3.17. The number of rotatable bonds is 7. The minimum Gasteiger partial charge on any atom is -0.494 e. The van der Waals surface area contributed by atoms with E-state index in [0.717, 1.165) is 11.3 Å². The third kappa shape index (κ3) is 4.33. The first kappa shape index (κ1) is 20.4. The number of aryl methyl sites for hydroxylation is 1.